The van der Waals surface area contributed by atoms with Crippen molar-refractivity contribution in [2.75, 3.05) is 13.2 Å². The van der Waals surface area contributed by atoms with Gasteiger partial charge in [-0.1, -0.05) is 78.4 Å². The zero-order chi connectivity index (χ0) is 24.2. The minimum atomic E-state index is -0.591. The van der Waals surface area contributed by atoms with E-state index in [1.807, 2.05) is 98.8 Å². The molecule has 3 rings (SSSR count). The van der Waals surface area contributed by atoms with E-state index >= 15 is 0 Å². The lowest BCUT2D eigenvalue weighted by molar-refractivity contribution is -0.141. The Labute approximate surface area is 202 Å². The van der Waals surface area contributed by atoms with Gasteiger partial charge in [0.2, 0.25) is 11.8 Å². The third-order valence-corrected chi connectivity index (χ3v) is 5.64. The molecule has 0 aliphatic rings. The summed E-state index contributed by atoms with van der Waals surface area (Å²) in [6, 6.07) is 26.9. The molecule has 5 heteroatoms. The lowest BCUT2D eigenvalue weighted by Crippen LogP contribution is -2.50. The summed E-state index contributed by atoms with van der Waals surface area (Å²) in [5.41, 5.74) is 3.18. The van der Waals surface area contributed by atoms with Gasteiger partial charge in [0.1, 0.15) is 11.8 Å². The molecule has 3 aromatic rings. The smallest absolute Gasteiger partial charge is 0.243 e. The number of ether oxygens (including phenoxy) is 1. The molecular weight excluding hydrogens is 424 g/mol. The highest BCUT2D eigenvalue weighted by Crippen LogP contribution is 2.17. The molecule has 1 atom stereocenters. The van der Waals surface area contributed by atoms with E-state index < -0.39 is 6.04 Å². The highest BCUT2D eigenvalue weighted by molar-refractivity contribution is 5.88. The second kappa shape index (κ2) is 13.2. The van der Waals surface area contributed by atoms with E-state index in [1.54, 1.807) is 4.90 Å². The van der Waals surface area contributed by atoms with Crippen LogP contribution in [0.25, 0.3) is 0 Å². The first-order chi connectivity index (χ1) is 16.6. The van der Waals surface area contributed by atoms with Crippen molar-refractivity contribution in [3.05, 3.63) is 102 Å². The fourth-order valence-electron chi connectivity index (χ4n) is 3.81. The molecule has 0 radical (unpaired) electrons. The minimum Gasteiger partial charge on any atom is -0.494 e. The summed E-state index contributed by atoms with van der Waals surface area (Å²) in [5, 5.41) is 2.93. The van der Waals surface area contributed by atoms with Crippen LogP contribution in [0.15, 0.2) is 84.9 Å². The molecule has 3 aromatic carbocycles. The molecule has 0 saturated carbocycles. The Morgan fingerprint density at radius 3 is 2.18 bits per heavy atom. The summed E-state index contributed by atoms with van der Waals surface area (Å²) in [6.07, 6.45) is 1.35. The summed E-state index contributed by atoms with van der Waals surface area (Å²) < 4.78 is 5.76. The number of benzene rings is 3. The van der Waals surface area contributed by atoms with Crippen molar-refractivity contribution in [3.8, 4) is 5.75 Å². The number of para-hydroxylation sites is 1. The standard InChI is InChI=1S/C29H34N2O3/c1-3-30-29(33)27(21-24-11-6-4-7-12-24)31(22-25-18-16-23(2)17-19-25)28(32)15-10-20-34-26-13-8-5-9-14-26/h4-9,11-14,16-19,27H,3,10,15,20-22H2,1-2H3,(H,30,33)/t27-/m1/s1. The third-order valence-electron chi connectivity index (χ3n) is 5.64. The van der Waals surface area contributed by atoms with Gasteiger partial charge in [-0.3, -0.25) is 9.59 Å². The lowest BCUT2D eigenvalue weighted by atomic mass is 10.0. The Bertz CT molecular complexity index is 1020. The van der Waals surface area contributed by atoms with Crippen molar-refractivity contribution in [2.24, 2.45) is 0 Å². The molecule has 0 heterocycles. The Kier molecular flexibility index (Phi) is 9.71. The Morgan fingerprint density at radius 2 is 1.53 bits per heavy atom. The van der Waals surface area contributed by atoms with Crippen LogP contribution in [-0.4, -0.2) is 35.9 Å². The first kappa shape index (κ1) is 25.0. The number of likely N-dealkylation sites (N-methyl/N-ethyl adjacent to an activating group) is 1. The molecule has 1 N–H and O–H groups in total. The molecule has 2 amide bonds. The van der Waals surface area contributed by atoms with Crippen LogP contribution >= 0.6 is 0 Å². The average molecular weight is 459 g/mol. The molecule has 34 heavy (non-hydrogen) atoms. The Balaban J connectivity index is 1.76. The van der Waals surface area contributed by atoms with Crippen LogP contribution in [0, 0.1) is 6.92 Å². The highest BCUT2D eigenvalue weighted by atomic mass is 16.5. The topological polar surface area (TPSA) is 58.6 Å². The molecule has 0 saturated heterocycles. The van der Waals surface area contributed by atoms with Crippen LogP contribution in [0.3, 0.4) is 0 Å². The van der Waals surface area contributed by atoms with Gasteiger partial charge in [-0.2, -0.15) is 0 Å². The quantitative estimate of drug-likeness (QED) is 0.392. The largest absolute Gasteiger partial charge is 0.494 e. The maximum atomic E-state index is 13.5. The second-order valence-corrected chi connectivity index (χ2v) is 8.37. The molecule has 0 unspecified atom stereocenters. The summed E-state index contributed by atoms with van der Waals surface area (Å²) in [5.74, 6) is 0.604. The van der Waals surface area contributed by atoms with Gasteiger partial charge in [0, 0.05) is 25.9 Å². The van der Waals surface area contributed by atoms with E-state index in [2.05, 4.69) is 5.32 Å². The SMILES string of the molecule is CCNC(=O)[C@@H](Cc1ccccc1)N(Cc1ccc(C)cc1)C(=O)CCCOc1ccccc1. The number of carbonyl (C=O) groups excluding carboxylic acids is 2. The molecule has 0 spiro atoms. The fourth-order valence-corrected chi connectivity index (χ4v) is 3.81. The zero-order valence-electron chi connectivity index (χ0n) is 20.1. The van der Waals surface area contributed by atoms with Crippen molar-refractivity contribution in [3.63, 3.8) is 0 Å². The van der Waals surface area contributed by atoms with Crippen LogP contribution in [-0.2, 0) is 22.6 Å². The van der Waals surface area contributed by atoms with Crippen LogP contribution in [0.5, 0.6) is 5.75 Å². The number of hydrogen-bond acceptors (Lipinski definition) is 3. The summed E-state index contributed by atoms with van der Waals surface area (Å²) in [7, 11) is 0. The van der Waals surface area contributed by atoms with Gasteiger partial charge in [-0.15, -0.1) is 0 Å². The van der Waals surface area contributed by atoms with Gasteiger partial charge in [-0.25, -0.2) is 0 Å². The Hall–Kier alpha value is -3.60. The highest BCUT2D eigenvalue weighted by Gasteiger charge is 2.29. The molecule has 5 nitrogen and oxygen atoms in total. The van der Waals surface area contributed by atoms with Crippen LogP contribution < -0.4 is 10.1 Å². The van der Waals surface area contributed by atoms with Gasteiger partial charge in [0.05, 0.1) is 6.61 Å². The number of hydrogen-bond donors (Lipinski definition) is 1. The maximum Gasteiger partial charge on any atom is 0.243 e. The van der Waals surface area contributed by atoms with Gasteiger partial charge in [0.25, 0.3) is 0 Å². The Morgan fingerprint density at radius 1 is 0.882 bits per heavy atom. The number of amides is 2. The lowest BCUT2D eigenvalue weighted by Gasteiger charge is -2.31. The second-order valence-electron chi connectivity index (χ2n) is 8.37. The van der Waals surface area contributed by atoms with E-state index in [-0.39, 0.29) is 11.8 Å². The van der Waals surface area contributed by atoms with Gasteiger partial charge >= 0.3 is 0 Å². The number of rotatable bonds is 12. The summed E-state index contributed by atoms with van der Waals surface area (Å²) in [4.78, 5) is 28.3. The first-order valence-corrected chi connectivity index (χ1v) is 11.9. The molecule has 0 aliphatic carbocycles. The predicted molar refractivity (Wildman–Crippen MR) is 136 cm³/mol. The number of nitrogens with zero attached hydrogens (tertiary/aromatic N) is 1. The number of carbonyl (C=O) groups is 2. The fraction of sp³-hybridized carbons (Fsp3) is 0.310. The van der Waals surface area contributed by atoms with E-state index in [0.29, 0.717) is 39.0 Å². The van der Waals surface area contributed by atoms with E-state index in [9.17, 15) is 9.59 Å². The van der Waals surface area contributed by atoms with Crippen LogP contribution in [0.1, 0.15) is 36.5 Å². The van der Waals surface area contributed by atoms with Crippen LogP contribution in [0.4, 0.5) is 0 Å². The van der Waals surface area contributed by atoms with Gasteiger partial charge in [0.15, 0.2) is 0 Å². The molecule has 178 valence electrons. The van der Waals surface area contributed by atoms with Gasteiger partial charge in [-0.05, 0) is 43.5 Å². The normalized spacial score (nSPS) is 11.5. The first-order valence-electron chi connectivity index (χ1n) is 11.9. The van der Waals surface area contributed by atoms with Crippen molar-refractivity contribution in [1.82, 2.24) is 10.2 Å². The van der Waals surface area contributed by atoms with Crippen LogP contribution in [0.2, 0.25) is 0 Å². The van der Waals surface area contributed by atoms with E-state index in [0.717, 1.165) is 22.4 Å². The van der Waals surface area contributed by atoms with Crippen molar-refractivity contribution in [1.29, 1.82) is 0 Å². The molecule has 0 fully saturated rings. The monoisotopic (exact) mass is 458 g/mol. The number of nitrogens with one attached hydrogen (secondary N) is 1. The van der Waals surface area contributed by atoms with Crippen molar-refractivity contribution < 1.29 is 14.3 Å². The third kappa shape index (κ3) is 7.77. The van der Waals surface area contributed by atoms with E-state index in [4.69, 9.17) is 4.74 Å². The van der Waals surface area contributed by atoms with Crippen molar-refractivity contribution in [2.45, 2.75) is 45.7 Å². The molecule has 0 aliphatic heterocycles. The summed E-state index contributed by atoms with van der Waals surface area (Å²) in [6.45, 7) is 5.27. The molecule has 0 aromatic heterocycles. The molecule has 0 bridgehead atoms. The van der Waals surface area contributed by atoms with Gasteiger partial charge < -0.3 is 15.0 Å². The summed E-state index contributed by atoms with van der Waals surface area (Å²) >= 11 is 0. The number of aryl methyl sites for hydroxylation is 1. The predicted octanol–water partition coefficient (Wildman–Crippen LogP) is 4.93. The molecular formula is C29H34N2O3. The van der Waals surface area contributed by atoms with Crippen molar-refractivity contribution >= 4 is 11.8 Å². The zero-order valence-corrected chi connectivity index (χ0v) is 20.1. The van der Waals surface area contributed by atoms with E-state index in [1.165, 1.54) is 0 Å². The maximum absolute atomic E-state index is 13.5. The average Bonchev–Trinajstić information content (AvgIpc) is 2.86. The minimum absolute atomic E-state index is 0.0515.